The average molecular weight is 1460 g/mol. The number of nitrogens with one attached hydrogen (secondary N) is 3. The van der Waals surface area contributed by atoms with Crippen LogP contribution in [0.3, 0.4) is 0 Å². The first kappa shape index (κ1) is 71.9. The van der Waals surface area contributed by atoms with Crippen molar-refractivity contribution in [2.75, 3.05) is 167 Å². The summed E-state index contributed by atoms with van der Waals surface area (Å²) >= 11 is 4.48. The normalized spacial score (nSPS) is 16.1. The van der Waals surface area contributed by atoms with Gasteiger partial charge in [-0.25, -0.2) is 29.9 Å². The highest BCUT2D eigenvalue weighted by Crippen LogP contribution is 2.46. The fourth-order valence-electron chi connectivity index (χ4n) is 13.4. The molecule has 9 aromatic rings. The molecule has 15 rings (SSSR count). The maximum atomic E-state index is 13.4. The van der Waals surface area contributed by atoms with Gasteiger partial charge in [0.1, 0.15) is 32.1 Å². The van der Waals surface area contributed by atoms with E-state index in [1.807, 2.05) is 100 Å². The van der Waals surface area contributed by atoms with Gasteiger partial charge in [0.2, 0.25) is 23.8 Å². The molecule has 31 heteroatoms. The molecule has 0 bridgehead atoms. The monoisotopic (exact) mass is 1460 g/mol. The summed E-state index contributed by atoms with van der Waals surface area (Å²) in [6.07, 6.45) is 7.88. The van der Waals surface area contributed by atoms with Gasteiger partial charge in [0, 0.05) is 140 Å². The maximum Gasteiger partial charge on any atom is 0.280 e. The van der Waals surface area contributed by atoms with Crippen molar-refractivity contribution in [2.45, 2.75) is 80.4 Å². The van der Waals surface area contributed by atoms with E-state index in [4.69, 9.17) is 15.0 Å². The van der Waals surface area contributed by atoms with Gasteiger partial charge in [-0.05, 0) is 154 Å². The number of aliphatic hydroxyl groups is 1. The molecule has 4 amide bonds. The second-order valence-corrected chi connectivity index (χ2v) is 29.9. The zero-order chi connectivity index (χ0) is 73.4. The van der Waals surface area contributed by atoms with Gasteiger partial charge in [0.15, 0.2) is 34.5 Å². The molecule has 0 unspecified atom stereocenters. The minimum atomic E-state index is -0.186. The van der Waals surface area contributed by atoms with Crippen molar-refractivity contribution in [3.05, 3.63) is 136 Å². The Bertz CT molecular complexity index is 4490. The van der Waals surface area contributed by atoms with Crippen LogP contribution in [0.25, 0.3) is 0 Å². The Labute approximate surface area is 617 Å². The van der Waals surface area contributed by atoms with Crippen LogP contribution in [0.15, 0.2) is 98.0 Å². The summed E-state index contributed by atoms with van der Waals surface area (Å²) < 4.78 is 0. The standard InChI is InChI=1S/C27H32N8O2S.C23H28N8OS.C23H27N7O2S/c1-7-22(36)34-12-10-33(11-13-34)19-8-9-20(17(4)14-19)30-27-28-15-21-24(31-27)32(6)26-23(29-18(5)38-26)25(37)35(21)16(2)3;1-5-31-20-18(29(4)21(32)19-22(31)33-15(2)25-19)14-24-23(27-20)26-16-6-8-17(9-7-16)30-12-10-28(3)11-13-30;1-4-30-20-18(28(3)21(32)19-22(30)33-14(2)25-19)13-24-23(27-20)26-15-5-7-16(8-6-15)29-11-9-17(31)10-12-29/h7-9,14-16H,1,10-13H2,2-6H3,(H,28,30,31);6-9,14H,5,10-13H2,1-4H3,(H,24,26,27);5-8,13,17,31H,4,9-12H2,1-3H3,(H,24,26,27). The van der Waals surface area contributed by atoms with E-state index in [0.29, 0.717) is 95.6 Å². The highest BCUT2D eigenvalue weighted by atomic mass is 32.1. The lowest BCUT2D eigenvalue weighted by molar-refractivity contribution is -0.126. The molecular formula is C73H87N23O5S3. The second kappa shape index (κ2) is 30.5. The predicted octanol–water partition coefficient (Wildman–Crippen LogP) is 11.4. The van der Waals surface area contributed by atoms with Gasteiger partial charge in [-0.2, -0.15) is 15.0 Å². The van der Waals surface area contributed by atoms with E-state index < -0.39 is 0 Å². The first-order valence-corrected chi connectivity index (χ1v) is 37.4. The topological polar surface area (TPSA) is 276 Å². The van der Waals surface area contributed by atoms with Crippen LogP contribution in [0, 0.1) is 27.7 Å². The number of carbonyl (C=O) groups is 4. The minimum absolute atomic E-state index is 0.0191. The first-order chi connectivity index (χ1) is 50.1. The van der Waals surface area contributed by atoms with Gasteiger partial charge in [-0.15, -0.1) is 34.0 Å². The smallest absolute Gasteiger partial charge is 0.280 e. The molecule has 0 spiro atoms. The van der Waals surface area contributed by atoms with Crippen LogP contribution < -0.4 is 60.0 Å². The van der Waals surface area contributed by atoms with E-state index >= 15 is 0 Å². The Morgan fingerprint density at radius 2 is 0.952 bits per heavy atom. The van der Waals surface area contributed by atoms with E-state index in [-0.39, 0.29) is 35.8 Å². The molecule has 0 aliphatic carbocycles. The lowest BCUT2D eigenvalue weighted by atomic mass is 10.1. The Morgan fingerprint density at radius 3 is 1.42 bits per heavy atom. The van der Waals surface area contributed by atoms with Gasteiger partial charge in [-0.3, -0.25) is 24.1 Å². The summed E-state index contributed by atoms with van der Waals surface area (Å²) in [7, 11) is 7.54. The molecule has 6 aliphatic heterocycles. The number of thiazole rings is 3. The summed E-state index contributed by atoms with van der Waals surface area (Å²) in [4.78, 5) is 115. The number of amides is 4. The molecule has 0 saturated carbocycles. The van der Waals surface area contributed by atoms with E-state index in [1.54, 1.807) is 47.4 Å². The van der Waals surface area contributed by atoms with Crippen molar-refractivity contribution in [3.63, 3.8) is 0 Å². The number of nitrogens with zero attached hydrogens (tertiary/aromatic N) is 20. The number of likely N-dealkylation sites (N-methyl/N-ethyl adjacent to an activating group) is 1. The Hall–Kier alpha value is -10.5. The van der Waals surface area contributed by atoms with Gasteiger partial charge in [0.05, 0.1) is 39.7 Å². The summed E-state index contributed by atoms with van der Waals surface area (Å²) in [6.45, 7) is 29.6. The first-order valence-electron chi connectivity index (χ1n) is 34.9. The number of hydrogen-bond donors (Lipinski definition) is 4. The number of piperidine rings is 1. The highest BCUT2D eigenvalue weighted by molar-refractivity contribution is 7.17. The molecule has 104 heavy (non-hydrogen) atoms. The molecule has 4 N–H and O–H groups in total. The van der Waals surface area contributed by atoms with Gasteiger partial charge in [-0.1, -0.05) is 6.58 Å². The zero-order valence-corrected chi connectivity index (χ0v) is 63.1. The van der Waals surface area contributed by atoms with E-state index in [9.17, 15) is 24.3 Å². The summed E-state index contributed by atoms with van der Waals surface area (Å²) in [5.41, 5.74) is 10.6. The molecule has 28 nitrogen and oxygen atoms in total. The van der Waals surface area contributed by atoms with E-state index in [2.05, 4.69) is 128 Å². The molecule has 0 radical (unpaired) electrons. The van der Waals surface area contributed by atoms with Crippen LogP contribution in [0.2, 0.25) is 0 Å². The quantitative estimate of drug-likeness (QED) is 0.0781. The molecule has 6 aromatic heterocycles. The molecule has 3 aromatic carbocycles. The van der Waals surface area contributed by atoms with Crippen molar-refractivity contribution in [2.24, 2.45) is 0 Å². The number of aliphatic hydroxyl groups excluding tert-OH is 1. The van der Waals surface area contributed by atoms with Crippen LogP contribution in [-0.4, -0.2) is 202 Å². The van der Waals surface area contributed by atoms with Gasteiger partial charge >= 0.3 is 0 Å². The third kappa shape index (κ3) is 14.7. The fourth-order valence-corrected chi connectivity index (χ4v) is 16.2. The van der Waals surface area contributed by atoms with Crippen molar-refractivity contribution in [3.8, 4) is 0 Å². The van der Waals surface area contributed by atoms with Crippen LogP contribution in [-0.2, 0) is 4.79 Å². The summed E-state index contributed by atoms with van der Waals surface area (Å²) in [5, 5.41) is 24.6. The third-order valence-electron chi connectivity index (χ3n) is 19.1. The number of fused-ring (bicyclic) bond motifs is 6. The van der Waals surface area contributed by atoms with Gasteiger partial charge < -0.3 is 70.1 Å². The van der Waals surface area contributed by atoms with E-state index in [1.165, 1.54) is 45.8 Å². The predicted molar refractivity (Wildman–Crippen MR) is 418 cm³/mol. The number of hydrogen-bond acceptors (Lipinski definition) is 27. The van der Waals surface area contributed by atoms with Crippen LogP contribution in [0.1, 0.15) is 92.6 Å². The van der Waals surface area contributed by atoms with Crippen LogP contribution >= 0.6 is 34.0 Å². The highest BCUT2D eigenvalue weighted by Gasteiger charge is 2.38. The third-order valence-corrected chi connectivity index (χ3v) is 22.2. The maximum absolute atomic E-state index is 13.4. The largest absolute Gasteiger partial charge is 0.393 e. The number of benzene rings is 3. The van der Waals surface area contributed by atoms with Crippen molar-refractivity contribution >= 4 is 159 Å². The SMILES string of the molecule is C=CC(=O)N1CCN(c2ccc(Nc3ncc4c(n3)N(C)c3sc(C)nc3C(=O)N4C(C)C)c(C)c2)CC1.CCN1c2nc(Nc3ccc(N4CCC(O)CC4)cc3)ncc2N(C)C(=O)c2nc(C)sc21.CCN1c2nc(Nc3ccc(N4CCN(C)CC4)cc3)ncc2N(C)C(=O)c2nc(C)sc21. The Balaban J connectivity index is 0.000000139. The summed E-state index contributed by atoms with van der Waals surface area (Å²) in [6, 6.07) is 22.7. The molecule has 542 valence electrons. The number of piperazine rings is 2. The lowest BCUT2D eigenvalue weighted by Gasteiger charge is -2.36. The lowest BCUT2D eigenvalue weighted by Crippen LogP contribution is -2.48. The number of aromatic nitrogens is 9. The Kier molecular flexibility index (Phi) is 21.1. The number of carbonyl (C=O) groups excluding carboxylic acids is 4. The molecule has 12 heterocycles. The number of anilines is 18. The molecule has 0 atom stereocenters. The molecule has 6 aliphatic rings. The van der Waals surface area contributed by atoms with Crippen LogP contribution in [0.5, 0.6) is 0 Å². The fraction of sp³-hybridized carbons (Fsp3) is 0.384. The minimum Gasteiger partial charge on any atom is -0.393 e. The van der Waals surface area contributed by atoms with Crippen molar-refractivity contribution in [1.82, 2.24) is 54.7 Å². The Morgan fingerprint density at radius 1 is 0.529 bits per heavy atom. The molecule has 3 fully saturated rings. The van der Waals surface area contributed by atoms with E-state index in [0.717, 1.165) is 129 Å². The zero-order valence-electron chi connectivity index (χ0n) is 60.7. The van der Waals surface area contributed by atoms with Gasteiger partial charge in [0.25, 0.3) is 17.7 Å². The second-order valence-electron chi connectivity index (χ2n) is 26.4. The molecular weight excluding hydrogens is 1380 g/mol. The average Bonchev–Trinajstić information content (AvgIpc) is 1.62. The van der Waals surface area contributed by atoms with Crippen molar-refractivity contribution < 1.29 is 24.3 Å². The van der Waals surface area contributed by atoms with Crippen molar-refractivity contribution in [1.29, 1.82) is 0 Å². The summed E-state index contributed by atoms with van der Waals surface area (Å²) in [5.74, 6) is 2.96. The number of rotatable bonds is 13. The number of aryl methyl sites for hydroxylation is 4. The molecule has 3 saturated heterocycles. The van der Waals surface area contributed by atoms with Crippen LogP contribution in [0.4, 0.5) is 101 Å².